The van der Waals surface area contributed by atoms with E-state index in [2.05, 4.69) is 9.64 Å². The quantitative estimate of drug-likeness (QED) is 0.908. The van der Waals surface area contributed by atoms with Gasteiger partial charge in [-0.1, -0.05) is 18.6 Å². The van der Waals surface area contributed by atoms with Crippen LogP contribution in [0.4, 0.5) is 8.78 Å². The molecule has 1 heterocycles. The van der Waals surface area contributed by atoms with Gasteiger partial charge < -0.3 is 9.84 Å². The zero-order valence-corrected chi connectivity index (χ0v) is 12.2. The lowest BCUT2D eigenvalue weighted by molar-refractivity contribution is -0.149. The molecule has 0 unspecified atom stereocenters. The zero-order valence-electron chi connectivity index (χ0n) is 12.2. The number of halogens is 2. The van der Waals surface area contributed by atoms with Crippen molar-refractivity contribution in [2.24, 2.45) is 11.3 Å². The van der Waals surface area contributed by atoms with E-state index in [0.29, 0.717) is 13.1 Å². The molecule has 2 aliphatic rings. The average Bonchev–Trinajstić information content (AvgIpc) is 2.95. The number of hydrogen-bond donors (Lipinski definition) is 1. The van der Waals surface area contributed by atoms with Crippen LogP contribution in [0, 0.1) is 11.3 Å². The summed E-state index contributed by atoms with van der Waals surface area (Å²) >= 11 is 0. The summed E-state index contributed by atoms with van der Waals surface area (Å²) in [6.07, 6.45) is 2.66. The molecule has 120 valence electrons. The first-order valence-electron chi connectivity index (χ1n) is 7.49. The van der Waals surface area contributed by atoms with Crippen LogP contribution in [0.25, 0.3) is 0 Å². The summed E-state index contributed by atoms with van der Waals surface area (Å²) in [5.41, 5.74) is 0.246. The van der Waals surface area contributed by atoms with Crippen molar-refractivity contribution in [1.82, 2.24) is 4.90 Å². The minimum Gasteiger partial charge on any atom is -0.481 e. The molecule has 2 fully saturated rings. The highest BCUT2D eigenvalue weighted by atomic mass is 19.3. The van der Waals surface area contributed by atoms with Gasteiger partial charge in [0, 0.05) is 19.6 Å². The highest BCUT2D eigenvalue weighted by Crippen LogP contribution is 2.49. The predicted molar refractivity (Wildman–Crippen MR) is 75.8 cm³/mol. The van der Waals surface area contributed by atoms with Crippen molar-refractivity contribution in [2.45, 2.75) is 32.4 Å². The SMILES string of the molecule is O=C(O)[C@@]12CCC[C@H]1CN(Cc1cccc(OC(F)F)c1)C2. The summed E-state index contributed by atoms with van der Waals surface area (Å²) in [6, 6.07) is 6.61. The van der Waals surface area contributed by atoms with E-state index in [-0.39, 0.29) is 11.7 Å². The van der Waals surface area contributed by atoms with Gasteiger partial charge in [-0.25, -0.2) is 0 Å². The van der Waals surface area contributed by atoms with E-state index in [1.165, 1.54) is 6.07 Å². The largest absolute Gasteiger partial charge is 0.481 e. The molecule has 1 aromatic carbocycles. The third-order valence-corrected chi connectivity index (χ3v) is 4.90. The molecule has 22 heavy (non-hydrogen) atoms. The first kappa shape index (κ1) is 15.2. The van der Waals surface area contributed by atoms with Crippen molar-refractivity contribution in [3.63, 3.8) is 0 Å². The lowest BCUT2D eigenvalue weighted by Gasteiger charge is -2.23. The molecule has 6 heteroatoms. The fraction of sp³-hybridized carbons (Fsp3) is 0.562. The fourth-order valence-corrected chi connectivity index (χ4v) is 3.94. The Kier molecular flexibility index (Phi) is 4.04. The molecule has 4 nitrogen and oxygen atoms in total. The number of alkyl halides is 2. The molecule has 0 amide bonds. The van der Waals surface area contributed by atoms with E-state index in [4.69, 9.17) is 0 Å². The molecule has 0 aromatic heterocycles. The second-order valence-corrected chi connectivity index (χ2v) is 6.25. The number of likely N-dealkylation sites (tertiary alicyclic amines) is 1. The number of carbonyl (C=O) groups is 1. The van der Waals surface area contributed by atoms with Crippen LogP contribution < -0.4 is 4.74 Å². The highest BCUT2D eigenvalue weighted by molar-refractivity contribution is 5.76. The minimum absolute atomic E-state index is 0.139. The summed E-state index contributed by atoms with van der Waals surface area (Å²) in [5.74, 6) is -0.363. The number of rotatable bonds is 5. The number of aliphatic carboxylic acids is 1. The zero-order chi connectivity index (χ0) is 15.7. The highest BCUT2D eigenvalue weighted by Gasteiger charge is 2.54. The first-order chi connectivity index (χ1) is 10.5. The number of ether oxygens (including phenoxy) is 1. The van der Waals surface area contributed by atoms with E-state index in [1.54, 1.807) is 12.1 Å². The lowest BCUT2D eigenvalue weighted by Crippen LogP contribution is -2.35. The van der Waals surface area contributed by atoms with Gasteiger partial charge in [-0.3, -0.25) is 9.69 Å². The number of carboxylic acids is 1. The van der Waals surface area contributed by atoms with Crippen molar-refractivity contribution in [2.75, 3.05) is 13.1 Å². The van der Waals surface area contributed by atoms with Gasteiger partial charge in [-0.15, -0.1) is 0 Å². The standard InChI is InChI=1S/C16H19F2NO3/c17-15(18)22-13-5-1-3-11(7-13)8-19-9-12-4-2-6-16(12,10-19)14(20)21/h1,3,5,7,12,15H,2,4,6,8-10H2,(H,20,21)/t12-,16+/m0/s1. The Morgan fingerprint density at radius 2 is 2.32 bits per heavy atom. The Morgan fingerprint density at radius 1 is 1.50 bits per heavy atom. The maximum Gasteiger partial charge on any atom is 0.387 e. The topological polar surface area (TPSA) is 49.8 Å². The van der Waals surface area contributed by atoms with Crippen molar-refractivity contribution in [3.05, 3.63) is 29.8 Å². The molecule has 1 saturated heterocycles. The summed E-state index contributed by atoms with van der Waals surface area (Å²) in [4.78, 5) is 13.8. The van der Waals surface area contributed by atoms with E-state index >= 15 is 0 Å². The Balaban J connectivity index is 1.69. The lowest BCUT2D eigenvalue weighted by atomic mass is 9.81. The molecule has 1 aliphatic carbocycles. The number of nitrogens with zero attached hydrogens (tertiary/aromatic N) is 1. The van der Waals surface area contributed by atoms with Gasteiger partial charge >= 0.3 is 12.6 Å². The molecular formula is C16H19F2NO3. The van der Waals surface area contributed by atoms with E-state index in [9.17, 15) is 18.7 Å². The van der Waals surface area contributed by atoms with E-state index in [0.717, 1.165) is 31.4 Å². The van der Waals surface area contributed by atoms with Gasteiger partial charge in [0.05, 0.1) is 5.41 Å². The molecule has 1 saturated carbocycles. The van der Waals surface area contributed by atoms with Crippen molar-refractivity contribution >= 4 is 5.97 Å². The van der Waals surface area contributed by atoms with Crippen LogP contribution >= 0.6 is 0 Å². The molecule has 1 aliphatic heterocycles. The van der Waals surface area contributed by atoms with Gasteiger partial charge in [-0.2, -0.15) is 8.78 Å². The Hall–Kier alpha value is -1.69. The predicted octanol–water partition coefficient (Wildman–Crippen LogP) is 2.97. The normalized spacial score (nSPS) is 28.0. The van der Waals surface area contributed by atoms with Gasteiger partial charge in [0.25, 0.3) is 0 Å². The van der Waals surface area contributed by atoms with Crippen LogP contribution in [-0.2, 0) is 11.3 Å². The maximum atomic E-state index is 12.3. The molecule has 1 N–H and O–H groups in total. The molecule has 0 bridgehead atoms. The van der Waals surface area contributed by atoms with Gasteiger partial charge in [-0.05, 0) is 36.5 Å². The Labute approximate surface area is 127 Å². The first-order valence-corrected chi connectivity index (χ1v) is 7.49. The van der Waals surface area contributed by atoms with Crippen molar-refractivity contribution in [1.29, 1.82) is 0 Å². The van der Waals surface area contributed by atoms with Gasteiger partial charge in [0.15, 0.2) is 0 Å². The molecular weight excluding hydrogens is 292 g/mol. The van der Waals surface area contributed by atoms with Crippen LogP contribution in [0.3, 0.4) is 0 Å². The van der Waals surface area contributed by atoms with Crippen LogP contribution in [0.1, 0.15) is 24.8 Å². The monoisotopic (exact) mass is 311 g/mol. The Bertz CT molecular complexity index is 566. The van der Waals surface area contributed by atoms with Crippen molar-refractivity contribution in [3.8, 4) is 5.75 Å². The average molecular weight is 311 g/mol. The van der Waals surface area contributed by atoms with Crippen LogP contribution in [0.2, 0.25) is 0 Å². The van der Waals surface area contributed by atoms with Crippen LogP contribution in [0.5, 0.6) is 5.75 Å². The number of hydrogen-bond acceptors (Lipinski definition) is 3. The molecule has 3 rings (SSSR count). The summed E-state index contributed by atoms with van der Waals surface area (Å²) in [7, 11) is 0. The number of carboxylic acid groups (broad SMARTS) is 1. The van der Waals surface area contributed by atoms with E-state index in [1.807, 2.05) is 6.07 Å². The third kappa shape index (κ3) is 2.79. The number of fused-ring (bicyclic) bond motifs is 1. The van der Waals surface area contributed by atoms with E-state index < -0.39 is 18.0 Å². The second kappa shape index (κ2) is 5.83. The Morgan fingerprint density at radius 3 is 3.00 bits per heavy atom. The van der Waals surface area contributed by atoms with Gasteiger partial charge in [0.2, 0.25) is 0 Å². The molecule has 0 spiro atoms. The second-order valence-electron chi connectivity index (χ2n) is 6.25. The maximum absolute atomic E-state index is 12.3. The van der Waals surface area contributed by atoms with Crippen LogP contribution in [0.15, 0.2) is 24.3 Å². The van der Waals surface area contributed by atoms with Gasteiger partial charge in [0.1, 0.15) is 5.75 Å². The van der Waals surface area contributed by atoms with Crippen molar-refractivity contribution < 1.29 is 23.4 Å². The fourth-order valence-electron chi connectivity index (χ4n) is 3.94. The molecule has 1 aromatic rings. The van der Waals surface area contributed by atoms with Crippen LogP contribution in [-0.4, -0.2) is 35.7 Å². The summed E-state index contributed by atoms with van der Waals surface area (Å²) < 4.78 is 28.9. The summed E-state index contributed by atoms with van der Waals surface area (Å²) in [6.45, 7) is -0.984. The smallest absolute Gasteiger partial charge is 0.387 e. The molecule has 2 atom stereocenters. The third-order valence-electron chi connectivity index (χ3n) is 4.90. The number of benzene rings is 1. The molecule has 0 radical (unpaired) electrons. The minimum atomic E-state index is -2.84. The summed E-state index contributed by atoms with van der Waals surface area (Å²) in [5, 5.41) is 9.57.